The molecule has 4 rings (SSSR count). The molecule has 1 aliphatic rings. The molecule has 4 heteroatoms. The number of hydrogen-bond donors (Lipinski definition) is 1. The highest BCUT2D eigenvalue weighted by molar-refractivity contribution is 5.52. The predicted octanol–water partition coefficient (Wildman–Crippen LogP) is 4.40. The summed E-state index contributed by atoms with van der Waals surface area (Å²) < 4.78 is 0. The first-order valence-electron chi connectivity index (χ1n) is 9.13. The summed E-state index contributed by atoms with van der Waals surface area (Å²) in [5.41, 5.74) is 7.50. The van der Waals surface area contributed by atoms with E-state index in [2.05, 4.69) is 47.2 Å². The van der Waals surface area contributed by atoms with Crippen LogP contribution in [-0.2, 0) is 19.5 Å². The third kappa shape index (κ3) is 3.75. The van der Waals surface area contributed by atoms with E-state index in [0.717, 1.165) is 37.4 Å². The minimum atomic E-state index is 0.678. The second kappa shape index (κ2) is 7.26. The molecular weight excluding hydrogens is 320 g/mol. The molecule has 3 aromatic rings. The summed E-state index contributed by atoms with van der Waals surface area (Å²) in [5.74, 6) is 0.678. The van der Waals surface area contributed by atoms with E-state index in [4.69, 9.17) is 4.98 Å². The smallest absolute Gasteiger partial charge is 0.227 e. The molecule has 1 aromatic heterocycles. The lowest BCUT2D eigenvalue weighted by Crippen LogP contribution is -2.31. The van der Waals surface area contributed by atoms with Gasteiger partial charge in [-0.05, 0) is 42.7 Å². The number of aryl methyl sites for hydroxylation is 2. The van der Waals surface area contributed by atoms with Crippen molar-refractivity contribution < 1.29 is 0 Å². The predicted molar refractivity (Wildman–Crippen MR) is 105 cm³/mol. The maximum Gasteiger partial charge on any atom is 0.227 e. The van der Waals surface area contributed by atoms with Crippen molar-refractivity contribution in [1.82, 2.24) is 14.9 Å². The zero-order chi connectivity index (χ0) is 17.9. The van der Waals surface area contributed by atoms with Crippen LogP contribution in [0.4, 0.5) is 11.6 Å². The SMILES string of the molecule is Cc1ccc(CN2CCc3nc(Nc4ccccc4)ncc3C2)cc1C. The van der Waals surface area contributed by atoms with Crippen LogP contribution in [0.2, 0.25) is 0 Å². The Morgan fingerprint density at radius 2 is 1.88 bits per heavy atom. The van der Waals surface area contributed by atoms with E-state index in [-0.39, 0.29) is 0 Å². The van der Waals surface area contributed by atoms with Crippen molar-refractivity contribution in [1.29, 1.82) is 0 Å². The van der Waals surface area contributed by atoms with Crippen LogP contribution >= 0.6 is 0 Å². The van der Waals surface area contributed by atoms with Crippen LogP contribution in [-0.4, -0.2) is 21.4 Å². The number of hydrogen-bond acceptors (Lipinski definition) is 4. The molecule has 0 saturated heterocycles. The maximum absolute atomic E-state index is 4.73. The minimum Gasteiger partial charge on any atom is -0.324 e. The second-order valence-electron chi connectivity index (χ2n) is 7.04. The van der Waals surface area contributed by atoms with Gasteiger partial charge in [-0.3, -0.25) is 4.90 Å². The monoisotopic (exact) mass is 344 g/mol. The standard InChI is InChI=1S/C22H24N4/c1-16-8-9-18(12-17(16)2)14-26-11-10-21-19(15-26)13-23-22(25-21)24-20-6-4-3-5-7-20/h3-9,12-13H,10-11,14-15H2,1-2H3,(H,23,24,25). The Balaban J connectivity index is 1.44. The van der Waals surface area contributed by atoms with Crippen LogP contribution in [0.1, 0.15) is 27.9 Å². The summed E-state index contributed by atoms with van der Waals surface area (Å²) in [6.45, 7) is 7.26. The molecule has 1 N–H and O–H groups in total. The molecule has 132 valence electrons. The van der Waals surface area contributed by atoms with E-state index in [9.17, 15) is 0 Å². The lowest BCUT2D eigenvalue weighted by Gasteiger charge is -2.28. The molecule has 2 aromatic carbocycles. The molecule has 26 heavy (non-hydrogen) atoms. The van der Waals surface area contributed by atoms with Crippen molar-refractivity contribution in [3.05, 3.63) is 82.7 Å². The fourth-order valence-corrected chi connectivity index (χ4v) is 3.38. The van der Waals surface area contributed by atoms with Crippen molar-refractivity contribution in [2.45, 2.75) is 33.4 Å². The first kappa shape index (κ1) is 16.7. The van der Waals surface area contributed by atoms with E-state index in [1.54, 1.807) is 0 Å². The van der Waals surface area contributed by atoms with Gasteiger partial charge in [0, 0.05) is 43.5 Å². The van der Waals surface area contributed by atoms with Gasteiger partial charge in [0.2, 0.25) is 5.95 Å². The Morgan fingerprint density at radius 3 is 2.69 bits per heavy atom. The highest BCUT2D eigenvalue weighted by Gasteiger charge is 2.18. The van der Waals surface area contributed by atoms with E-state index in [1.165, 1.54) is 22.3 Å². The Hall–Kier alpha value is -2.72. The molecule has 4 nitrogen and oxygen atoms in total. The Bertz CT molecular complexity index is 905. The van der Waals surface area contributed by atoms with Crippen LogP contribution in [0.5, 0.6) is 0 Å². The number of nitrogens with one attached hydrogen (secondary N) is 1. The Morgan fingerprint density at radius 1 is 1.04 bits per heavy atom. The number of anilines is 2. The summed E-state index contributed by atoms with van der Waals surface area (Å²) in [6, 6.07) is 16.8. The van der Waals surface area contributed by atoms with Crippen LogP contribution < -0.4 is 5.32 Å². The Kier molecular flexibility index (Phi) is 4.67. The maximum atomic E-state index is 4.73. The molecule has 0 atom stereocenters. The first-order chi connectivity index (χ1) is 12.7. The number of benzene rings is 2. The van der Waals surface area contributed by atoms with Crippen LogP contribution in [0, 0.1) is 13.8 Å². The van der Waals surface area contributed by atoms with Gasteiger partial charge in [-0.2, -0.15) is 0 Å². The zero-order valence-electron chi connectivity index (χ0n) is 15.4. The average molecular weight is 344 g/mol. The van der Waals surface area contributed by atoms with Crippen molar-refractivity contribution >= 4 is 11.6 Å². The summed E-state index contributed by atoms with van der Waals surface area (Å²) in [4.78, 5) is 11.7. The largest absolute Gasteiger partial charge is 0.324 e. The van der Waals surface area contributed by atoms with Crippen molar-refractivity contribution in [2.24, 2.45) is 0 Å². The fourth-order valence-electron chi connectivity index (χ4n) is 3.38. The van der Waals surface area contributed by atoms with Crippen LogP contribution in [0.3, 0.4) is 0 Å². The van der Waals surface area contributed by atoms with Gasteiger partial charge in [0.15, 0.2) is 0 Å². The normalized spacial score (nSPS) is 14.1. The molecule has 0 aliphatic carbocycles. The molecule has 0 saturated carbocycles. The van der Waals surface area contributed by atoms with E-state index < -0.39 is 0 Å². The molecule has 0 bridgehead atoms. The minimum absolute atomic E-state index is 0.678. The Labute approximate surface area is 154 Å². The number of rotatable bonds is 4. The quantitative estimate of drug-likeness (QED) is 0.762. The van der Waals surface area contributed by atoms with E-state index in [1.807, 2.05) is 36.5 Å². The van der Waals surface area contributed by atoms with E-state index in [0.29, 0.717) is 5.95 Å². The van der Waals surface area contributed by atoms with Crippen molar-refractivity contribution in [3.8, 4) is 0 Å². The summed E-state index contributed by atoms with van der Waals surface area (Å²) >= 11 is 0. The third-order valence-electron chi connectivity index (χ3n) is 5.02. The average Bonchev–Trinajstić information content (AvgIpc) is 2.66. The summed E-state index contributed by atoms with van der Waals surface area (Å²) in [5, 5.41) is 3.28. The zero-order valence-corrected chi connectivity index (χ0v) is 15.4. The lowest BCUT2D eigenvalue weighted by molar-refractivity contribution is 0.243. The molecule has 0 radical (unpaired) electrons. The topological polar surface area (TPSA) is 41.1 Å². The highest BCUT2D eigenvalue weighted by Crippen LogP contribution is 2.21. The third-order valence-corrected chi connectivity index (χ3v) is 5.02. The highest BCUT2D eigenvalue weighted by atomic mass is 15.2. The molecule has 2 heterocycles. The summed E-state index contributed by atoms with van der Waals surface area (Å²) in [7, 11) is 0. The molecule has 0 amide bonds. The van der Waals surface area contributed by atoms with Gasteiger partial charge in [0.25, 0.3) is 0 Å². The van der Waals surface area contributed by atoms with Crippen LogP contribution in [0.15, 0.2) is 54.7 Å². The second-order valence-corrected chi connectivity index (χ2v) is 7.04. The number of fused-ring (bicyclic) bond motifs is 1. The van der Waals surface area contributed by atoms with Gasteiger partial charge in [-0.1, -0.05) is 36.4 Å². The molecule has 0 fully saturated rings. The van der Waals surface area contributed by atoms with Gasteiger partial charge in [0.05, 0.1) is 5.69 Å². The number of nitrogens with zero attached hydrogens (tertiary/aromatic N) is 3. The van der Waals surface area contributed by atoms with Crippen LogP contribution in [0.25, 0.3) is 0 Å². The molecule has 0 unspecified atom stereocenters. The first-order valence-corrected chi connectivity index (χ1v) is 9.13. The van der Waals surface area contributed by atoms with E-state index >= 15 is 0 Å². The van der Waals surface area contributed by atoms with Gasteiger partial charge >= 0.3 is 0 Å². The fraction of sp³-hybridized carbons (Fsp3) is 0.273. The number of aromatic nitrogens is 2. The molecule has 1 aliphatic heterocycles. The van der Waals surface area contributed by atoms with Gasteiger partial charge in [-0.15, -0.1) is 0 Å². The van der Waals surface area contributed by atoms with Crippen molar-refractivity contribution in [2.75, 3.05) is 11.9 Å². The number of para-hydroxylation sites is 1. The van der Waals surface area contributed by atoms with Gasteiger partial charge < -0.3 is 5.32 Å². The van der Waals surface area contributed by atoms with Gasteiger partial charge in [0.1, 0.15) is 0 Å². The summed E-state index contributed by atoms with van der Waals surface area (Å²) in [6.07, 6.45) is 2.94. The van der Waals surface area contributed by atoms with Crippen molar-refractivity contribution in [3.63, 3.8) is 0 Å². The molecule has 0 spiro atoms. The molecular formula is C22H24N4. The van der Waals surface area contributed by atoms with Gasteiger partial charge in [-0.25, -0.2) is 9.97 Å². The lowest BCUT2D eigenvalue weighted by atomic mass is 10.0.